The molecule has 9 rings (SSSR count). The fourth-order valence-electron chi connectivity index (χ4n) is 13.1. The number of hydrogen-bond donors (Lipinski definition) is 0. The predicted octanol–water partition coefficient (Wildman–Crippen LogP) is 20.7. The summed E-state index contributed by atoms with van der Waals surface area (Å²) in [6.45, 7) is 22.5. The second-order valence-electron chi connectivity index (χ2n) is 26.7. The summed E-state index contributed by atoms with van der Waals surface area (Å²) in [6.07, 6.45) is 21.2. The Morgan fingerprint density at radius 1 is 0.433 bits per heavy atom. The van der Waals surface area contributed by atoms with E-state index in [4.69, 9.17) is 28.4 Å². The lowest BCUT2D eigenvalue weighted by Gasteiger charge is -2.29. The van der Waals surface area contributed by atoms with Gasteiger partial charge in [-0.25, -0.2) is 9.59 Å². The second kappa shape index (κ2) is 32.3. The van der Waals surface area contributed by atoms with Gasteiger partial charge in [-0.1, -0.05) is 191 Å². The molecule has 5 aromatic carbocycles. The monoisotopic (exact) mass is 1250 g/mol. The summed E-state index contributed by atoms with van der Waals surface area (Å²) in [4.78, 5) is 55.0. The van der Waals surface area contributed by atoms with Crippen LogP contribution < -0.4 is 18.9 Å². The normalized spacial score (nSPS) is 17.0. The molecule has 478 valence electrons. The average Bonchev–Trinajstić information content (AvgIpc) is 1.53. The molecule has 2 aliphatic rings. The van der Waals surface area contributed by atoms with Crippen molar-refractivity contribution >= 4 is 66.7 Å². The fourth-order valence-corrected chi connectivity index (χ4v) is 16.1. The van der Waals surface area contributed by atoms with Gasteiger partial charge in [0.05, 0.1) is 47.7 Å². The molecule has 0 N–H and O–H groups in total. The van der Waals surface area contributed by atoms with Crippen LogP contribution in [0.2, 0.25) is 0 Å². The number of thiophene rings is 2. The summed E-state index contributed by atoms with van der Waals surface area (Å²) >= 11 is 3.29. The van der Waals surface area contributed by atoms with E-state index in [1.54, 1.807) is 22.7 Å². The van der Waals surface area contributed by atoms with E-state index < -0.39 is 10.8 Å². The van der Waals surface area contributed by atoms with E-state index in [1.807, 2.05) is 12.1 Å². The largest absolute Gasteiger partial charge is 0.494 e. The number of carbonyl (C=O) groups excluding carboxylic acids is 4. The van der Waals surface area contributed by atoms with Crippen molar-refractivity contribution in [1.29, 1.82) is 0 Å². The molecular weight excluding hydrogens is 1160 g/mol. The SMILES string of the molecule is C=CC(=O)OCCCCCCCCOc1ccc(C2CCC(C(=O)Oc3c4sc(-c5ccccc5)c(C(C)(C)C)c4c(OC(=O)C4CCC(c5ccc(OCCCCCCCCOC(=O)C=C)cc5)CC4)c4sc(-c5ccccc5)c(C(C)(C)C)c34)CC2)cc1. The van der Waals surface area contributed by atoms with Crippen molar-refractivity contribution in [2.75, 3.05) is 26.4 Å². The molecule has 2 heterocycles. The quantitative estimate of drug-likeness (QED) is 0.0186. The zero-order chi connectivity index (χ0) is 63.6. The Kier molecular flexibility index (Phi) is 24.2. The zero-order valence-electron chi connectivity index (χ0n) is 54.1. The Hall–Kier alpha value is -7.02. The molecule has 12 heteroatoms. The smallest absolute Gasteiger partial charge is 0.330 e. The highest BCUT2D eigenvalue weighted by atomic mass is 32.1. The highest BCUT2D eigenvalue weighted by molar-refractivity contribution is 7.25. The first-order valence-corrected chi connectivity index (χ1v) is 34.8. The molecule has 2 aromatic heterocycles. The van der Waals surface area contributed by atoms with E-state index >= 15 is 9.59 Å². The topological polar surface area (TPSA) is 124 Å². The van der Waals surface area contributed by atoms with Crippen LogP contribution in [-0.2, 0) is 39.5 Å². The lowest BCUT2D eigenvalue weighted by Crippen LogP contribution is -2.26. The maximum absolute atomic E-state index is 15.2. The molecule has 10 nitrogen and oxygen atoms in total. The van der Waals surface area contributed by atoms with Crippen molar-refractivity contribution in [2.24, 2.45) is 11.8 Å². The lowest BCUT2D eigenvalue weighted by atomic mass is 9.78. The van der Waals surface area contributed by atoms with Gasteiger partial charge in [0.25, 0.3) is 0 Å². The number of hydrogen-bond acceptors (Lipinski definition) is 12. The number of carbonyl (C=O) groups is 4. The van der Waals surface area contributed by atoms with Gasteiger partial charge in [0.15, 0.2) is 11.5 Å². The molecule has 0 spiro atoms. The molecular formula is C78H94O10S2. The average molecular weight is 1260 g/mol. The fraction of sp³-hybridized carbons (Fsp3) is 0.462. The zero-order valence-corrected chi connectivity index (χ0v) is 55.8. The van der Waals surface area contributed by atoms with Crippen LogP contribution in [0.1, 0.15) is 204 Å². The van der Waals surface area contributed by atoms with Crippen LogP contribution in [0, 0.1) is 11.8 Å². The standard InChI is InChI=1S/C78H94O10S2/c1-9-63(79)85-51-27-17-13-11-15-25-49-83-61-45-41-55(42-46-61)53-33-37-59(38-34-53)75(81)87-69-65-67(77(3,4)5)71(57-29-21-19-22-30-57)90-74(65)70(66-68(78(6,7)8)72(89-73(66)69)58-31-23-20-24-32-58)88-76(82)60-39-35-54(36-40-60)56-43-47-62(48-44-56)84-50-26-16-12-14-18-28-52-86-64(80)10-2/h9-10,19-24,29-32,41-48,53-54,59-60H,1-2,11-18,25-28,33-40,49-52H2,3-8H3. The first kappa shape index (κ1) is 67.4. The van der Waals surface area contributed by atoms with Crippen LogP contribution in [0.25, 0.3) is 41.1 Å². The maximum Gasteiger partial charge on any atom is 0.330 e. The van der Waals surface area contributed by atoms with Crippen molar-refractivity contribution in [3.05, 3.63) is 157 Å². The van der Waals surface area contributed by atoms with Crippen molar-refractivity contribution in [3.63, 3.8) is 0 Å². The summed E-state index contributed by atoms with van der Waals surface area (Å²) in [7, 11) is 0. The van der Waals surface area contributed by atoms with E-state index in [0.29, 0.717) is 75.4 Å². The molecule has 0 unspecified atom stereocenters. The minimum atomic E-state index is -0.410. The summed E-state index contributed by atoms with van der Waals surface area (Å²) < 4.78 is 38.3. The molecule has 0 radical (unpaired) electrons. The molecule has 0 saturated heterocycles. The van der Waals surface area contributed by atoms with Gasteiger partial charge in [-0.3, -0.25) is 9.59 Å². The maximum atomic E-state index is 15.2. The first-order valence-electron chi connectivity index (χ1n) is 33.2. The molecule has 7 aromatic rings. The van der Waals surface area contributed by atoms with E-state index in [0.717, 1.165) is 166 Å². The summed E-state index contributed by atoms with van der Waals surface area (Å²) in [5.41, 5.74) is 5.99. The van der Waals surface area contributed by atoms with E-state index in [9.17, 15) is 9.59 Å². The number of fused-ring (bicyclic) bond motifs is 2. The third-order valence-electron chi connectivity index (χ3n) is 17.9. The Morgan fingerprint density at radius 2 is 0.756 bits per heavy atom. The van der Waals surface area contributed by atoms with Gasteiger partial charge in [0.1, 0.15) is 11.5 Å². The molecule has 2 saturated carbocycles. The van der Waals surface area contributed by atoms with E-state index in [1.165, 1.54) is 23.3 Å². The van der Waals surface area contributed by atoms with E-state index in [2.05, 4.69) is 152 Å². The van der Waals surface area contributed by atoms with Crippen molar-refractivity contribution in [3.8, 4) is 43.9 Å². The Bertz CT molecular complexity index is 3260. The minimum Gasteiger partial charge on any atom is -0.494 e. The Morgan fingerprint density at radius 3 is 1.08 bits per heavy atom. The number of unbranched alkanes of at least 4 members (excludes halogenated alkanes) is 10. The Balaban J connectivity index is 0.919. The first-order chi connectivity index (χ1) is 43.5. The molecule has 0 bridgehead atoms. The van der Waals surface area contributed by atoms with Crippen LogP contribution in [-0.4, -0.2) is 50.3 Å². The third-order valence-corrected chi connectivity index (χ3v) is 20.4. The number of ether oxygens (including phenoxy) is 6. The highest BCUT2D eigenvalue weighted by Crippen LogP contribution is 2.60. The van der Waals surface area contributed by atoms with Crippen LogP contribution >= 0.6 is 22.7 Å². The summed E-state index contributed by atoms with van der Waals surface area (Å²) in [5.74, 6) is 1.83. The second-order valence-corrected chi connectivity index (χ2v) is 28.7. The van der Waals surface area contributed by atoms with Crippen LogP contribution in [0.15, 0.2) is 135 Å². The summed E-state index contributed by atoms with van der Waals surface area (Å²) in [6, 6.07) is 38.0. The van der Waals surface area contributed by atoms with Gasteiger partial charge in [-0.2, -0.15) is 0 Å². The van der Waals surface area contributed by atoms with Gasteiger partial charge < -0.3 is 28.4 Å². The lowest BCUT2D eigenvalue weighted by molar-refractivity contribution is -0.140. The Labute approximate surface area is 542 Å². The van der Waals surface area contributed by atoms with Gasteiger partial charge in [0, 0.05) is 32.7 Å². The number of benzene rings is 5. The van der Waals surface area contributed by atoms with Gasteiger partial charge >= 0.3 is 23.9 Å². The van der Waals surface area contributed by atoms with Gasteiger partial charge in [0.2, 0.25) is 0 Å². The van der Waals surface area contributed by atoms with Crippen LogP contribution in [0.5, 0.6) is 23.0 Å². The molecule has 0 atom stereocenters. The minimum absolute atomic E-state index is 0.210. The van der Waals surface area contributed by atoms with Gasteiger partial charge in [-0.15, -0.1) is 22.7 Å². The molecule has 90 heavy (non-hydrogen) atoms. The molecule has 2 fully saturated rings. The van der Waals surface area contributed by atoms with Crippen LogP contribution in [0.4, 0.5) is 0 Å². The molecule has 2 aliphatic carbocycles. The van der Waals surface area contributed by atoms with E-state index in [-0.39, 0.29) is 35.7 Å². The molecule has 0 amide bonds. The number of rotatable bonds is 30. The highest BCUT2D eigenvalue weighted by Gasteiger charge is 2.39. The predicted molar refractivity (Wildman–Crippen MR) is 368 cm³/mol. The van der Waals surface area contributed by atoms with Crippen molar-refractivity contribution in [1.82, 2.24) is 0 Å². The third kappa shape index (κ3) is 17.7. The van der Waals surface area contributed by atoms with Gasteiger partial charge in [-0.05, 0) is 157 Å². The van der Waals surface area contributed by atoms with Crippen molar-refractivity contribution in [2.45, 2.75) is 193 Å². The van der Waals surface area contributed by atoms with Crippen LogP contribution in [0.3, 0.4) is 0 Å². The number of esters is 4. The molecule has 0 aliphatic heterocycles. The van der Waals surface area contributed by atoms with Crippen molar-refractivity contribution < 1.29 is 47.6 Å². The summed E-state index contributed by atoms with van der Waals surface area (Å²) in [5, 5.41) is 1.70.